The van der Waals surface area contributed by atoms with Crippen molar-refractivity contribution in [3.05, 3.63) is 35.9 Å². The smallest absolute Gasteiger partial charge is 0.258 e. The number of aromatic amines is 1. The van der Waals surface area contributed by atoms with Crippen LogP contribution in [0.2, 0.25) is 0 Å². The second-order valence-corrected chi connectivity index (χ2v) is 5.39. The number of hydrogen-bond donors (Lipinski definition) is 3. The Labute approximate surface area is 104 Å². The maximum absolute atomic E-state index is 12.0. The zero-order valence-electron chi connectivity index (χ0n) is 9.62. The average molecular weight is 271 g/mol. The van der Waals surface area contributed by atoms with E-state index in [1.807, 2.05) is 0 Å². The first kappa shape index (κ1) is 12.8. The summed E-state index contributed by atoms with van der Waals surface area (Å²) >= 11 is 0. The minimum atomic E-state index is -3.77. The van der Waals surface area contributed by atoms with Gasteiger partial charge in [-0.3, -0.25) is 5.10 Å². The van der Waals surface area contributed by atoms with Gasteiger partial charge in [-0.25, -0.2) is 8.42 Å². The summed E-state index contributed by atoms with van der Waals surface area (Å²) in [6, 6.07) is 2.84. The fourth-order valence-electron chi connectivity index (χ4n) is 1.53. The number of sulfonamides is 1. The SMILES string of the molecule is CC(NS(=O)(=O)c1[nH]ncc1CO)c1ccco1. The highest BCUT2D eigenvalue weighted by molar-refractivity contribution is 7.89. The fraction of sp³-hybridized carbons (Fsp3) is 0.300. The van der Waals surface area contributed by atoms with Gasteiger partial charge in [0.1, 0.15) is 5.76 Å². The molecule has 1 atom stereocenters. The van der Waals surface area contributed by atoms with E-state index in [-0.39, 0.29) is 10.6 Å². The van der Waals surface area contributed by atoms with Crippen molar-refractivity contribution in [2.24, 2.45) is 0 Å². The Bertz CT molecular complexity index is 603. The molecule has 0 bridgehead atoms. The lowest BCUT2D eigenvalue weighted by Crippen LogP contribution is -2.27. The van der Waals surface area contributed by atoms with E-state index in [4.69, 9.17) is 9.52 Å². The fourth-order valence-corrected chi connectivity index (χ4v) is 2.87. The molecule has 98 valence electrons. The van der Waals surface area contributed by atoms with Gasteiger partial charge in [0.2, 0.25) is 0 Å². The number of H-pyrrole nitrogens is 1. The molecule has 2 aromatic rings. The Balaban J connectivity index is 2.23. The van der Waals surface area contributed by atoms with E-state index in [1.54, 1.807) is 19.1 Å². The van der Waals surface area contributed by atoms with E-state index in [9.17, 15) is 8.42 Å². The first-order valence-electron chi connectivity index (χ1n) is 5.23. The predicted octanol–water partition coefficient (Wildman–Crippen LogP) is 0.534. The first-order chi connectivity index (χ1) is 8.54. The minimum Gasteiger partial charge on any atom is -0.468 e. The molecular weight excluding hydrogens is 258 g/mol. The number of rotatable bonds is 5. The van der Waals surface area contributed by atoms with Gasteiger partial charge in [-0.05, 0) is 19.1 Å². The van der Waals surface area contributed by atoms with E-state index in [2.05, 4.69) is 14.9 Å². The van der Waals surface area contributed by atoms with Gasteiger partial charge in [0.15, 0.2) is 5.03 Å². The normalized spacial score (nSPS) is 13.7. The number of nitrogens with one attached hydrogen (secondary N) is 2. The molecule has 18 heavy (non-hydrogen) atoms. The highest BCUT2D eigenvalue weighted by Gasteiger charge is 2.24. The molecule has 7 nitrogen and oxygen atoms in total. The molecule has 2 rings (SSSR count). The molecule has 0 saturated heterocycles. The van der Waals surface area contributed by atoms with Gasteiger partial charge in [-0.15, -0.1) is 0 Å². The van der Waals surface area contributed by atoms with Gasteiger partial charge in [-0.1, -0.05) is 0 Å². The number of aliphatic hydroxyl groups is 1. The van der Waals surface area contributed by atoms with Crippen LogP contribution in [0, 0.1) is 0 Å². The summed E-state index contributed by atoms with van der Waals surface area (Å²) in [5.41, 5.74) is 0.217. The largest absolute Gasteiger partial charge is 0.468 e. The van der Waals surface area contributed by atoms with Gasteiger partial charge >= 0.3 is 0 Å². The van der Waals surface area contributed by atoms with Crippen LogP contribution < -0.4 is 4.72 Å². The van der Waals surface area contributed by atoms with Gasteiger partial charge in [-0.2, -0.15) is 9.82 Å². The molecule has 8 heteroatoms. The van der Waals surface area contributed by atoms with E-state index >= 15 is 0 Å². The molecule has 0 aliphatic heterocycles. The summed E-state index contributed by atoms with van der Waals surface area (Å²) in [6.07, 6.45) is 2.74. The Morgan fingerprint density at radius 2 is 2.39 bits per heavy atom. The van der Waals surface area contributed by atoms with Gasteiger partial charge in [0, 0.05) is 5.56 Å². The monoisotopic (exact) mass is 271 g/mol. The van der Waals surface area contributed by atoms with Crippen molar-refractivity contribution in [2.75, 3.05) is 0 Å². The number of aliphatic hydroxyl groups excluding tert-OH is 1. The van der Waals surface area contributed by atoms with E-state index < -0.39 is 22.7 Å². The molecule has 0 amide bonds. The highest BCUT2D eigenvalue weighted by atomic mass is 32.2. The van der Waals surface area contributed by atoms with Crippen molar-refractivity contribution in [2.45, 2.75) is 24.6 Å². The van der Waals surface area contributed by atoms with Crippen LogP contribution in [0.1, 0.15) is 24.3 Å². The number of nitrogens with zero attached hydrogens (tertiary/aromatic N) is 1. The zero-order valence-corrected chi connectivity index (χ0v) is 10.4. The predicted molar refractivity (Wildman–Crippen MR) is 62.0 cm³/mol. The molecule has 0 fully saturated rings. The maximum Gasteiger partial charge on any atom is 0.258 e. The zero-order chi connectivity index (χ0) is 13.2. The summed E-state index contributed by atoms with van der Waals surface area (Å²) in [6.45, 7) is 1.26. The van der Waals surface area contributed by atoms with Crippen molar-refractivity contribution in [3.8, 4) is 0 Å². The number of aromatic nitrogens is 2. The van der Waals surface area contributed by atoms with Gasteiger partial charge in [0.25, 0.3) is 10.0 Å². The standard InChI is InChI=1S/C10H13N3O4S/c1-7(9-3-2-4-17-9)13-18(15,16)10-8(6-14)5-11-12-10/h2-5,7,13-14H,6H2,1H3,(H,11,12). The van der Waals surface area contributed by atoms with Gasteiger partial charge in [0.05, 0.1) is 25.1 Å². The molecule has 2 heterocycles. The van der Waals surface area contributed by atoms with Crippen molar-refractivity contribution < 1.29 is 17.9 Å². The quantitative estimate of drug-likeness (QED) is 0.735. The second kappa shape index (κ2) is 4.92. The number of hydrogen-bond acceptors (Lipinski definition) is 5. The molecule has 0 aliphatic rings. The van der Waals surface area contributed by atoms with E-state index in [0.29, 0.717) is 5.76 Å². The third-order valence-corrected chi connectivity index (χ3v) is 3.97. The number of furan rings is 1. The molecule has 1 unspecified atom stereocenters. The van der Waals surface area contributed by atoms with Crippen molar-refractivity contribution in [3.63, 3.8) is 0 Å². The topological polar surface area (TPSA) is 108 Å². The summed E-state index contributed by atoms with van der Waals surface area (Å²) in [4.78, 5) is 0. The Kier molecular flexibility index (Phi) is 3.50. The molecular formula is C10H13N3O4S. The van der Waals surface area contributed by atoms with Crippen LogP contribution in [0.25, 0.3) is 0 Å². The third-order valence-electron chi connectivity index (χ3n) is 2.42. The summed E-state index contributed by atoms with van der Waals surface area (Å²) in [5.74, 6) is 0.503. The molecule has 0 aromatic carbocycles. The van der Waals surface area contributed by atoms with Gasteiger partial charge < -0.3 is 9.52 Å². The van der Waals surface area contributed by atoms with Crippen LogP contribution in [0.15, 0.2) is 34.0 Å². The van der Waals surface area contributed by atoms with Crippen LogP contribution in [0.5, 0.6) is 0 Å². The maximum atomic E-state index is 12.0. The summed E-state index contributed by atoms with van der Waals surface area (Å²) in [5, 5.41) is 14.8. The molecule has 0 aliphatic carbocycles. The minimum absolute atomic E-state index is 0.136. The van der Waals surface area contributed by atoms with Crippen LogP contribution in [0.4, 0.5) is 0 Å². The van der Waals surface area contributed by atoms with E-state index in [0.717, 1.165) is 0 Å². The first-order valence-corrected chi connectivity index (χ1v) is 6.71. The molecule has 2 aromatic heterocycles. The van der Waals surface area contributed by atoms with Crippen LogP contribution in [0.3, 0.4) is 0 Å². The lowest BCUT2D eigenvalue weighted by molar-refractivity contribution is 0.278. The van der Waals surface area contributed by atoms with Crippen molar-refractivity contribution in [1.29, 1.82) is 0 Å². The third kappa shape index (κ3) is 2.45. The van der Waals surface area contributed by atoms with Crippen molar-refractivity contribution >= 4 is 10.0 Å². The molecule has 3 N–H and O–H groups in total. The second-order valence-electron chi connectivity index (χ2n) is 3.74. The van der Waals surface area contributed by atoms with Crippen molar-refractivity contribution in [1.82, 2.24) is 14.9 Å². The van der Waals surface area contributed by atoms with E-state index in [1.165, 1.54) is 12.5 Å². The lowest BCUT2D eigenvalue weighted by Gasteiger charge is -2.11. The molecule has 0 saturated carbocycles. The Morgan fingerprint density at radius 1 is 1.61 bits per heavy atom. The Morgan fingerprint density at radius 3 is 3.00 bits per heavy atom. The van der Waals surface area contributed by atoms with Crippen LogP contribution in [-0.4, -0.2) is 23.7 Å². The highest BCUT2D eigenvalue weighted by Crippen LogP contribution is 2.18. The molecule has 0 radical (unpaired) electrons. The average Bonchev–Trinajstić information content (AvgIpc) is 2.99. The van der Waals surface area contributed by atoms with Crippen LogP contribution in [-0.2, 0) is 16.6 Å². The lowest BCUT2D eigenvalue weighted by atomic mass is 10.3. The van der Waals surface area contributed by atoms with Crippen LogP contribution >= 0.6 is 0 Å². The molecule has 0 spiro atoms. The Hall–Kier alpha value is -1.64. The summed E-state index contributed by atoms with van der Waals surface area (Å²) < 4.78 is 31.6. The summed E-state index contributed by atoms with van der Waals surface area (Å²) in [7, 11) is -3.77.